The molecule has 0 heterocycles. The molecule has 0 N–H and O–H groups in total. The number of carbonyl (C=O) groups excluding carboxylic acids is 4. The Morgan fingerprint density at radius 1 is 0.676 bits per heavy atom. The third-order valence-corrected chi connectivity index (χ3v) is 4.97. The van der Waals surface area contributed by atoms with Gasteiger partial charge in [-0.3, -0.25) is 0 Å². The minimum atomic E-state index is -0.756. The third kappa shape index (κ3) is 4.56. The number of fused-ring (bicyclic) bond motifs is 3. The van der Waals surface area contributed by atoms with Gasteiger partial charge in [0.25, 0.3) is 0 Å². The van der Waals surface area contributed by atoms with E-state index >= 15 is 0 Å². The molecule has 1 aliphatic carbocycles. The van der Waals surface area contributed by atoms with Gasteiger partial charge in [-0.2, -0.15) is 0 Å². The average molecular weight is 460 g/mol. The number of hydrogen-bond acceptors (Lipinski definition) is 8. The lowest BCUT2D eigenvalue weighted by Crippen LogP contribution is -2.11. The van der Waals surface area contributed by atoms with Crippen molar-refractivity contribution in [3.63, 3.8) is 0 Å². The molecule has 0 spiro atoms. The fourth-order valence-electron chi connectivity index (χ4n) is 3.50. The maximum Gasteiger partial charge on any atom is 0.335 e. The Kier molecular flexibility index (Phi) is 6.92. The molecule has 8 heteroatoms. The van der Waals surface area contributed by atoms with E-state index in [0.717, 1.165) is 24.3 Å². The van der Waals surface area contributed by atoms with Gasteiger partial charge >= 0.3 is 23.9 Å². The molecule has 34 heavy (non-hydrogen) atoms. The topological polar surface area (TPSA) is 105 Å². The Balaban J connectivity index is 2.22. The number of esters is 4. The number of benzene rings is 2. The van der Waals surface area contributed by atoms with Crippen LogP contribution in [0.15, 0.2) is 74.9 Å². The Labute approximate surface area is 195 Å². The summed E-state index contributed by atoms with van der Waals surface area (Å²) in [5.74, 6) is -3.40. The summed E-state index contributed by atoms with van der Waals surface area (Å²) in [5.41, 5.74) is 2.48. The molecule has 3 rings (SSSR count). The molecule has 0 radical (unpaired) electrons. The SMILES string of the molecule is C=CC(=O)Oc1cc2c(cc1OC(=O)C=C)C(C)c1c-2ccc(OC(=O)C=C)c1OC(=O)C=C. The van der Waals surface area contributed by atoms with Crippen molar-refractivity contribution < 1.29 is 38.1 Å². The molecule has 2 aromatic rings. The second-order valence-corrected chi connectivity index (χ2v) is 6.96. The highest BCUT2D eigenvalue weighted by Crippen LogP contribution is 2.54. The molecule has 1 atom stereocenters. The zero-order chi connectivity index (χ0) is 25.0. The van der Waals surface area contributed by atoms with Crippen molar-refractivity contribution in [3.05, 3.63) is 86.0 Å². The van der Waals surface area contributed by atoms with Crippen LogP contribution in [0.5, 0.6) is 23.0 Å². The highest BCUT2D eigenvalue weighted by atomic mass is 16.6. The van der Waals surface area contributed by atoms with Crippen LogP contribution in [0.4, 0.5) is 0 Å². The van der Waals surface area contributed by atoms with Crippen molar-refractivity contribution in [3.8, 4) is 34.1 Å². The van der Waals surface area contributed by atoms with Gasteiger partial charge in [0.1, 0.15) is 0 Å². The second kappa shape index (κ2) is 9.83. The molecular formula is C26H20O8. The minimum absolute atomic E-state index is 0.00937. The van der Waals surface area contributed by atoms with Gasteiger partial charge < -0.3 is 18.9 Å². The smallest absolute Gasteiger partial charge is 0.335 e. The number of ether oxygens (including phenoxy) is 4. The van der Waals surface area contributed by atoms with Crippen molar-refractivity contribution >= 4 is 23.9 Å². The van der Waals surface area contributed by atoms with Crippen molar-refractivity contribution in [1.29, 1.82) is 0 Å². The molecule has 0 aliphatic heterocycles. The lowest BCUT2D eigenvalue weighted by molar-refractivity contribution is -0.131. The summed E-state index contributed by atoms with van der Waals surface area (Å²) >= 11 is 0. The van der Waals surface area contributed by atoms with Crippen LogP contribution in [0, 0.1) is 0 Å². The van der Waals surface area contributed by atoms with Crippen LogP contribution >= 0.6 is 0 Å². The van der Waals surface area contributed by atoms with Gasteiger partial charge in [0.05, 0.1) is 0 Å². The van der Waals surface area contributed by atoms with Crippen LogP contribution in [0.25, 0.3) is 11.1 Å². The van der Waals surface area contributed by atoms with Crippen molar-refractivity contribution in [2.24, 2.45) is 0 Å². The van der Waals surface area contributed by atoms with Crippen LogP contribution in [-0.2, 0) is 19.2 Å². The van der Waals surface area contributed by atoms with Crippen molar-refractivity contribution in [2.75, 3.05) is 0 Å². The van der Waals surface area contributed by atoms with Gasteiger partial charge in [0.15, 0.2) is 23.0 Å². The van der Waals surface area contributed by atoms with Crippen molar-refractivity contribution in [1.82, 2.24) is 0 Å². The second-order valence-electron chi connectivity index (χ2n) is 6.96. The lowest BCUT2D eigenvalue weighted by atomic mass is 9.98. The third-order valence-electron chi connectivity index (χ3n) is 4.97. The van der Waals surface area contributed by atoms with E-state index in [9.17, 15) is 19.2 Å². The standard InChI is InChI=1S/C26H20O8/c1-6-21(27)31-18-11-10-15-17-13-20(33-23(29)8-3)19(32-22(28)7-2)12-16(17)14(5)25(15)26(18)34-24(30)9-4/h6-14H,1-4H2,5H3. The van der Waals surface area contributed by atoms with Gasteiger partial charge in [-0.05, 0) is 34.9 Å². The van der Waals surface area contributed by atoms with Gasteiger partial charge in [0, 0.05) is 35.8 Å². The van der Waals surface area contributed by atoms with Gasteiger partial charge in [-0.25, -0.2) is 19.2 Å². The zero-order valence-electron chi connectivity index (χ0n) is 18.3. The van der Waals surface area contributed by atoms with Crippen LogP contribution in [-0.4, -0.2) is 23.9 Å². The summed E-state index contributed by atoms with van der Waals surface area (Å²) in [6.45, 7) is 15.3. The molecule has 0 bridgehead atoms. The molecular weight excluding hydrogens is 440 g/mol. The maximum atomic E-state index is 12.1. The molecule has 0 aromatic heterocycles. The average Bonchev–Trinajstić information content (AvgIpc) is 3.11. The normalized spacial score (nSPS) is 12.9. The first-order chi connectivity index (χ1) is 16.2. The van der Waals surface area contributed by atoms with Crippen LogP contribution in [0.2, 0.25) is 0 Å². The summed E-state index contributed by atoms with van der Waals surface area (Å²) in [6.07, 6.45) is 3.89. The summed E-state index contributed by atoms with van der Waals surface area (Å²) < 4.78 is 21.2. The largest absolute Gasteiger partial charge is 0.419 e. The number of hydrogen-bond donors (Lipinski definition) is 0. The van der Waals surface area contributed by atoms with E-state index in [2.05, 4.69) is 26.3 Å². The first-order valence-corrected chi connectivity index (χ1v) is 9.96. The molecule has 1 unspecified atom stereocenters. The highest BCUT2D eigenvalue weighted by Gasteiger charge is 2.34. The van der Waals surface area contributed by atoms with E-state index in [-0.39, 0.29) is 23.0 Å². The molecule has 8 nitrogen and oxygen atoms in total. The molecule has 0 amide bonds. The fourth-order valence-corrected chi connectivity index (χ4v) is 3.50. The Morgan fingerprint density at radius 3 is 1.68 bits per heavy atom. The zero-order valence-corrected chi connectivity index (χ0v) is 18.3. The Morgan fingerprint density at radius 2 is 1.15 bits per heavy atom. The number of rotatable bonds is 8. The van der Waals surface area contributed by atoms with E-state index in [1.165, 1.54) is 12.1 Å². The number of carbonyl (C=O) groups is 4. The molecule has 0 saturated heterocycles. The van der Waals surface area contributed by atoms with Crippen molar-refractivity contribution in [2.45, 2.75) is 12.8 Å². The van der Waals surface area contributed by atoms with Crippen LogP contribution in [0.1, 0.15) is 24.0 Å². The monoisotopic (exact) mass is 460 g/mol. The summed E-state index contributed by atoms with van der Waals surface area (Å²) in [7, 11) is 0. The quantitative estimate of drug-likeness (QED) is 0.328. The summed E-state index contributed by atoms with van der Waals surface area (Å²) in [6, 6.07) is 6.21. The molecule has 172 valence electrons. The minimum Gasteiger partial charge on any atom is -0.419 e. The van der Waals surface area contributed by atoms with Gasteiger partial charge in [-0.1, -0.05) is 39.3 Å². The Hall–Kier alpha value is -4.72. The summed E-state index contributed by atoms with van der Waals surface area (Å²) in [4.78, 5) is 47.6. The fraction of sp³-hybridized carbons (Fsp3) is 0.0769. The van der Waals surface area contributed by atoms with Gasteiger partial charge in [-0.15, -0.1) is 0 Å². The Bertz CT molecular complexity index is 1270. The molecule has 0 fully saturated rings. The van der Waals surface area contributed by atoms with Gasteiger partial charge in [0.2, 0.25) is 0 Å². The van der Waals surface area contributed by atoms with E-state index in [4.69, 9.17) is 18.9 Å². The van der Waals surface area contributed by atoms with E-state index in [1.807, 2.05) is 6.92 Å². The predicted octanol–water partition coefficient (Wildman–Crippen LogP) is 4.18. The van der Waals surface area contributed by atoms with Crippen LogP contribution < -0.4 is 18.9 Å². The van der Waals surface area contributed by atoms with E-state index < -0.39 is 29.8 Å². The van der Waals surface area contributed by atoms with E-state index in [1.54, 1.807) is 12.1 Å². The highest BCUT2D eigenvalue weighted by molar-refractivity contribution is 5.92. The molecule has 2 aromatic carbocycles. The first-order valence-electron chi connectivity index (χ1n) is 9.96. The predicted molar refractivity (Wildman–Crippen MR) is 123 cm³/mol. The van der Waals surface area contributed by atoms with Crippen LogP contribution in [0.3, 0.4) is 0 Å². The van der Waals surface area contributed by atoms with E-state index in [0.29, 0.717) is 22.3 Å². The lowest BCUT2D eigenvalue weighted by Gasteiger charge is -2.16. The first kappa shape index (κ1) is 23.9. The molecule has 0 saturated carbocycles. The maximum absolute atomic E-state index is 12.1. The molecule has 1 aliphatic rings. The summed E-state index contributed by atoms with van der Waals surface area (Å²) in [5, 5.41) is 0.